The number of carbonyl (C=O) groups excluding carboxylic acids is 1. The van der Waals surface area contributed by atoms with E-state index in [9.17, 15) is 9.90 Å². The van der Waals surface area contributed by atoms with Crippen molar-refractivity contribution in [3.8, 4) is 5.75 Å². The molecule has 21 heavy (non-hydrogen) atoms. The Morgan fingerprint density at radius 3 is 3.00 bits per heavy atom. The molecule has 1 aromatic carbocycles. The minimum absolute atomic E-state index is 0.0209. The van der Waals surface area contributed by atoms with E-state index in [4.69, 9.17) is 4.74 Å². The van der Waals surface area contributed by atoms with E-state index >= 15 is 0 Å². The third kappa shape index (κ3) is 4.43. The summed E-state index contributed by atoms with van der Waals surface area (Å²) < 4.78 is 6.36. The number of carbonyl (C=O) groups is 1. The Labute approximate surface area is 133 Å². The molecule has 1 heterocycles. The molecule has 5 nitrogen and oxygen atoms in total. The Morgan fingerprint density at radius 2 is 2.33 bits per heavy atom. The van der Waals surface area contributed by atoms with Crippen LogP contribution < -0.4 is 15.4 Å². The average molecular weight is 357 g/mol. The first kappa shape index (κ1) is 16.3. The van der Waals surface area contributed by atoms with Gasteiger partial charge in [0, 0.05) is 13.1 Å². The number of para-hydroxylation sites is 1. The third-order valence-electron chi connectivity index (χ3n) is 3.68. The molecule has 2 rings (SSSR count). The zero-order valence-electron chi connectivity index (χ0n) is 12.1. The fourth-order valence-corrected chi connectivity index (χ4v) is 2.64. The van der Waals surface area contributed by atoms with E-state index in [0.29, 0.717) is 12.3 Å². The number of aliphatic hydroxyl groups is 1. The van der Waals surface area contributed by atoms with Crippen molar-refractivity contribution in [3.63, 3.8) is 0 Å². The highest BCUT2D eigenvalue weighted by atomic mass is 79.9. The van der Waals surface area contributed by atoms with Crippen molar-refractivity contribution in [3.05, 3.63) is 28.7 Å². The number of hydrogen-bond donors (Lipinski definition) is 3. The van der Waals surface area contributed by atoms with Gasteiger partial charge in [-0.1, -0.05) is 12.1 Å². The molecule has 1 fully saturated rings. The number of halogens is 1. The van der Waals surface area contributed by atoms with Crippen LogP contribution in [0.5, 0.6) is 5.75 Å². The molecule has 0 radical (unpaired) electrons. The molecular weight excluding hydrogens is 336 g/mol. The van der Waals surface area contributed by atoms with Gasteiger partial charge >= 0.3 is 0 Å². The number of ether oxygens (including phenoxy) is 1. The van der Waals surface area contributed by atoms with Gasteiger partial charge < -0.3 is 20.5 Å². The number of benzene rings is 1. The van der Waals surface area contributed by atoms with Crippen LogP contribution in [0.3, 0.4) is 0 Å². The average Bonchev–Trinajstić information content (AvgIpc) is 2.92. The van der Waals surface area contributed by atoms with Gasteiger partial charge in [-0.05, 0) is 48.0 Å². The van der Waals surface area contributed by atoms with Crippen LogP contribution in [0.1, 0.15) is 13.3 Å². The lowest BCUT2D eigenvalue weighted by molar-refractivity contribution is -0.129. The van der Waals surface area contributed by atoms with Gasteiger partial charge in [0.15, 0.2) is 0 Å². The smallest absolute Gasteiger partial charge is 0.227 e. The van der Waals surface area contributed by atoms with Crippen molar-refractivity contribution in [1.82, 2.24) is 10.6 Å². The first-order valence-corrected chi connectivity index (χ1v) is 7.85. The molecule has 116 valence electrons. The van der Waals surface area contributed by atoms with Gasteiger partial charge in [-0.25, -0.2) is 0 Å². The first-order valence-electron chi connectivity index (χ1n) is 7.06. The highest BCUT2D eigenvalue weighted by Gasteiger charge is 2.36. The van der Waals surface area contributed by atoms with E-state index in [0.717, 1.165) is 17.4 Å². The molecule has 1 aliphatic heterocycles. The SMILES string of the molecule is CC1(C(=O)NCC(O)COc2ccccc2Br)CCNC1. The first-order chi connectivity index (χ1) is 10.0. The summed E-state index contributed by atoms with van der Waals surface area (Å²) in [5.74, 6) is 0.655. The molecule has 6 heteroatoms. The van der Waals surface area contributed by atoms with E-state index in [1.54, 1.807) is 0 Å². The molecule has 3 N–H and O–H groups in total. The lowest BCUT2D eigenvalue weighted by Gasteiger charge is -2.22. The van der Waals surface area contributed by atoms with Crippen molar-refractivity contribution in [1.29, 1.82) is 0 Å². The second kappa shape index (κ2) is 7.24. The van der Waals surface area contributed by atoms with Gasteiger partial charge in [-0.3, -0.25) is 4.79 Å². The Kier molecular flexibility index (Phi) is 5.61. The topological polar surface area (TPSA) is 70.6 Å². The zero-order valence-corrected chi connectivity index (χ0v) is 13.6. The zero-order chi connectivity index (χ0) is 15.3. The third-order valence-corrected chi connectivity index (χ3v) is 4.34. The van der Waals surface area contributed by atoms with Crippen LogP contribution in [-0.4, -0.2) is 43.4 Å². The molecule has 1 aromatic rings. The van der Waals surface area contributed by atoms with Crippen LogP contribution in [0, 0.1) is 5.41 Å². The molecule has 0 spiro atoms. The molecule has 0 aromatic heterocycles. The van der Waals surface area contributed by atoms with Crippen LogP contribution in [0.15, 0.2) is 28.7 Å². The Balaban J connectivity index is 1.74. The molecular formula is C15H21BrN2O3. The summed E-state index contributed by atoms with van der Waals surface area (Å²) in [4.78, 5) is 12.1. The van der Waals surface area contributed by atoms with Crippen LogP contribution in [0.25, 0.3) is 0 Å². The van der Waals surface area contributed by atoms with Crippen LogP contribution >= 0.6 is 15.9 Å². The van der Waals surface area contributed by atoms with Gasteiger partial charge in [-0.2, -0.15) is 0 Å². The number of rotatable bonds is 6. The molecule has 2 atom stereocenters. The van der Waals surface area contributed by atoms with Gasteiger partial charge in [0.25, 0.3) is 0 Å². The summed E-state index contributed by atoms with van der Waals surface area (Å²) in [7, 11) is 0. The largest absolute Gasteiger partial charge is 0.490 e. The normalized spacial score (nSPS) is 22.8. The van der Waals surface area contributed by atoms with E-state index in [1.807, 2.05) is 31.2 Å². The van der Waals surface area contributed by atoms with Crippen LogP contribution in [0.2, 0.25) is 0 Å². The maximum absolute atomic E-state index is 12.1. The maximum atomic E-state index is 12.1. The van der Waals surface area contributed by atoms with Gasteiger partial charge in [0.05, 0.1) is 9.89 Å². The Bertz CT molecular complexity index is 490. The predicted octanol–water partition coefficient (Wildman–Crippen LogP) is 1.30. The summed E-state index contributed by atoms with van der Waals surface area (Å²) in [6, 6.07) is 7.45. The Morgan fingerprint density at radius 1 is 1.57 bits per heavy atom. The second-order valence-corrected chi connectivity index (χ2v) is 6.45. The second-order valence-electron chi connectivity index (χ2n) is 5.59. The molecule has 0 bridgehead atoms. The molecule has 2 unspecified atom stereocenters. The maximum Gasteiger partial charge on any atom is 0.227 e. The molecule has 0 saturated carbocycles. The fraction of sp³-hybridized carbons (Fsp3) is 0.533. The van der Waals surface area contributed by atoms with Crippen LogP contribution in [0.4, 0.5) is 0 Å². The molecule has 0 aliphatic carbocycles. The molecule has 1 saturated heterocycles. The van der Waals surface area contributed by atoms with Crippen LogP contribution in [-0.2, 0) is 4.79 Å². The highest BCUT2D eigenvalue weighted by molar-refractivity contribution is 9.10. The lowest BCUT2D eigenvalue weighted by atomic mass is 9.89. The molecule has 1 aliphatic rings. The van der Waals surface area contributed by atoms with Crippen molar-refractivity contribution in [2.45, 2.75) is 19.4 Å². The quantitative estimate of drug-likeness (QED) is 0.718. The van der Waals surface area contributed by atoms with Crippen molar-refractivity contribution in [2.75, 3.05) is 26.2 Å². The Hall–Kier alpha value is -1.11. The standard InChI is InChI=1S/C15H21BrN2O3/c1-15(6-7-17-10-15)14(20)18-8-11(19)9-21-13-5-3-2-4-12(13)16/h2-5,11,17,19H,6-10H2,1H3,(H,18,20). The van der Waals surface area contributed by atoms with E-state index in [2.05, 4.69) is 26.6 Å². The van der Waals surface area contributed by atoms with E-state index in [1.165, 1.54) is 0 Å². The van der Waals surface area contributed by atoms with Gasteiger partial charge in [-0.15, -0.1) is 0 Å². The van der Waals surface area contributed by atoms with Gasteiger partial charge in [0.1, 0.15) is 18.5 Å². The van der Waals surface area contributed by atoms with E-state index < -0.39 is 6.10 Å². The van der Waals surface area contributed by atoms with Crippen molar-refractivity contribution >= 4 is 21.8 Å². The van der Waals surface area contributed by atoms with Gasteiger partial charge in [0.2, 0.25) is 5.91 Å². The van der Waals surface area contributed by atoms with E-state index in [-0.39, 0.29) is 24.5 Å². The minimum Gasteiger partial charge on any atom is -0.490 e. The number of aliphatic hydroxyl groups excluding tert-OH is 1. The summed E-state index contributed by atoms with van der Waals surface area (Å²) in [6.45, 7) is 3.81. The summed E-state index contributed by atoms with van der Waals surface area (Å²) >= 11 is 3.38. The van der Waals surface area contributed by atoms with Crippen molar-refractivity contribution < 1.29 is 14.6 Å². The number of nitrogens with one attached hydrogen (secondary N) is 2. The highest BCUT2D eigenvalue weighted by Crippen LogP contribution is 2.25. The minimum atomic E-state index is -0.737. The lowest BCUT2D eigenvalue weighted by Crippen LogP contribution is -2.44. The van der Waals surface area contributed by atoms with Crippen molar-refractivity contribution in [2.24, 2.45) is 5.41 Å². The number of hydrogen-bond acceptors (Lipinski definition) is 4. The summed E-state index contributed by atoms with van der Waals surface area (Å²) in [5.41, 5.74) is -0.372. The predicted molar refractivity (Wildman–Crippen MR) is 84.2 cm³/mol. The summed E-state index contributed by atoms with van der Waals surface area (Å²) in [5, 5.41) is 15.9. The fourth-order valence-electron chi connectivity index (χ4n) is 2.24. The monoisotopic (exact) mass is 356 g/mol. The number of amides is 1. The summed E-state index contributed by atoms with van der Waals surface area (Å²) in [6.07, 6.45) is 0.0848. The molecule has 1 amide bonds.